The topological polar surface area (TPSA) is 37.7 Å². The number of nitrogens with zero attached hydrogens (tertiary/aromatic N) is 3. The molecule has 2 saturated heterocycles. The number of hydrogen-bond donors (Lipinski definition) is 0. The molecule has 0 bridgehead atoms. The van der Waals surface area contributed by atoms with Crippen LogP contribution in [0.25, 0.3) is 10.9 Å². The molecular formula is C22H28F3N3O2. The average Bonchev–Trinajstić information content (AvgIpc) is 3.09. The molecule has 1 aromatic carbocycles. The van der Waals surface area contributed by atoms with E-state index in [1.807, 2.05) is 18.0 Å². The van der Waals surface area contributed by atoms with E-state index in [1.165, 1.54) is 10.8 Å². The minimum Gasteiger partial charge on any atom is -0.490 e. The van der Waals surface area contributed by atoms with Crippen LogP contribution in [0, 0.1) is 5.92 Å². The summed E-state index contributed by atoms with van der Waals surface area (Å²) >= 11 is 0. The third-order valence-corrected chi connectivity index (χ3v) is 6.19. The maximum Gasteiger partial charge on any atom is 0.406 e. The van der Waals surface area contributed by atoms with E-state index in [0.717, 1.165) is 50.8 Å². The maximum atomic E-state index is 12.8. The number of rotatable bonds is 5. The predicted octanol–water partition coefficient (Wildman–Crippen LogP) is 3.92. The van der Waals surface area contributed by atoms with Crippen LogP contribution in [0.3, 0.4) is 0 Å². The lowest BCUT2D eigenvalue weighted by Gasteiger charge is -2.37. The van der Waals surface area contributed by atoms with Gasteiger partial charge in [-0.1, -0.05) is 6.07 Å². The molecule has 2 aliphatic heterocycles. The second kappa shape index (κ2) is 8.49. The summed E-state index contributed by atoms with van der Waals surface area (Å²) in [4.78, 5) is 15.9. The lowest BCUT2D eigenvalue weighted by molar-refractivity contribution is -0.140. The maximum absolute atomic E-state index is 12.8. The normalized spacial score (nSPS) is 22.1. The lowest BCUT2D eigenvalue weighted by Crippen LogP contribution is -2.45. The number of carbonyl (C=O) groups excluding carboxylic acids is 1. The molecule has 2 aromatic rings. The fourth-order valence-corrected chi connectivity index (χ4v) is 4.63. The summed E-state index contributed by atoms with van der Waals surface area (Å²) in [6.07, 6.45) is 0.654. The first-order valence-electron chi connectivity index (χ1n) is 10.6. The monoisotopic (exact) mass is 423 g/mol. The molecule has 164 valence electrons. The van der Waals surface area contributed by atoms with Gasteiger partial charge in [-0.2, -0.15) is 13.2 Å². The number of fused-ring (bicyclic) bond motifs is 1. The largest absolute Gasteiger partial charge is 0.490 e. The van der Waals surface area contributed by atoms with E-state index in [0.29, 0.717) is 23.6 Å². The minimum absolute atomic E-state index is 0.0634. The molecular weight excluding hydrogens is 395 g/mol. The molecule has 0 aliphatic carbocycles. The van der Waals surface area contributed by atoms with Crippen LogP contribution in [0.15, 0.2) is 30.5 Å². The van der Waals surface area contributed by atoms with Gasteiger partial charge < -0.3 is 19.1 Å². The van der Waals surface area contributed by atoms with Crippen LogP contribution in [0.1, 0.15) is 25.7 Å². The number of likely N-dealkylation sites (tertiary alicyclic amines) is 2. The van der Waals surface area contributed by atoms with Gasteiger partial charge in [0.05, 0.1) is 5.52 Å². The first kappa shape index (κ1) is 21.0. The molecule has 30 heavy (non-hydrogen) atoms. The lowest BCUT2D eigenvalue weighted by atomic mass is 9.96. The van der Waals surface area contributed by atoms with Crippen LogP contribution in [-0.2, 0) is 11.3 Å². The number of alkyl halides is 3. The second-order valence-electron chi connectivity index (χ2n) is 8.54. The zero-order valence-electron chi connectivity index (χ0n) is 17.2. The Morgan fingerprint density at radius 2 is 1.90 bits per heavy atom. The van der Waals surface area contributed by atoms with Gasteiger partial charge in [-0.05, 0) is 43.4 Å². The summed E-state index contributed by atoms with van der Waals surface area (Å²) in [5.74, 6) is 1.41. The number of ether oxygens (including phenoxy) is 1. The van der Waals surface area contributed by atoms with Gasteiger partial charge >= 0.3 is 6.18 Å². The van der Waals surface area contributed by atoms with Gasteiger partial charge in [0, 0.05) is 51.2 Å². The van der Waals surface area contributed by atoms with Crippen molar-refractivity contribution in [1.29, 1.82) is 0 Å². The Balaban J connectivity index is 1.33. The highest BCUT2D eigenvalue weighted by molar-refractivity contribution is 5.86. The van der Waals surface area contributed by atoms with Crippen molar-refractivity contribution in [3.05, 3.63) is 30.5 Å². The number of piperidine rings is 2. The minimum atomic E-state index is -4.25. The van der Waals surface area contributed by atoms with E-state index in [1.54, 1.807) is 18.2 Å². The summed E-state index contributed by atoms with van der Waals surface area (Å²) in [5.41, 5.74) is 0.540. The molecule has 1 amide bonds. The van der Waals surface area contributed by atoms with E-state index in [4.69, 9.17) is 4.74 Å². The SMILES string of the molecule is CN1CC(CN2CCC(Oc3cccc4c3ccn4CC(F)(F)F)CC2)CCC1=O. The van der Waals surface area contributed by atoms with Crippen molar-refractivity contribution >= 4 is 16.8 Å². The molecule has 1 atom stereocenters. The summed E-state index contributed by atoms with van der Waals surface area (Å²) < 4.78 is 45.8. The predicted molar refractivity (Wildman–Crippen MR) is 108 cm³/mol. The quantitative estimate of drug-likeness (QED) is 0.732. The van der Waals surface area contributed by atoms with E-state index < -0.39 is 12.7 Å². The second-order valence-corrected chi connectivity index (χ2v) is 8.54. The van der Waals surface area contributed by atoms with Gasteiger partial charge in [0.2, 0.25) is 5.91 Å². The Kier molecular flexibility index (Phi) is 5.95. The Bertz CT molecular complexity index is 887. The Morgan fingerprint density at radius 3 is 2.60 bits per heavy atom. The van der Waals surface area contributed by atoms with E-state index in [9.17, 15) is 18.0 Å². The Labute approximate surface area is 174 Å². The fraction of sp³-hybridized carbons (Fsp3) is 0.591. The molecule has 4 rings (SSSR count). The van der Waals surface area contributed by atoms with Crippen LogP contribution >= 0.6 is 0 Å². The molecule has 1 aromatic heterocycles. The first-order chi connectivity index (χ1) is 14.3. The highest BCUT2D eigenvalue weighted by Gasteiger charge is 2.29. The summed E-state index contributed by atoms with van der Waals surface area (Å²) in [5, 5.41) is 0.721. The van der Waals surface area contributed by atoms with E-state index in [-0.39, 0.29) is 12.0 Å². The molecule has 5 nitrogen and oxygen atoms in total. The molecule has 8 heteroatoms. The first-order valence-corrected chi connectivity index (χ1v) is 10.6. The number of hydrogen-bond acceptors (Lipinski definition) is 3. The van der Waals surface area contributed by atoms with Gasteiger partial charge in [-0.3, -0.25) is 4.79 Å². The number of amides is 1. The van der Waals surface area contributed by atoms with E-state index in [2.05, 4.69) is 4.90 Å². The van der Waals surface area contributed by atoms with E-state index >= 15 is 0 Å². The van der Waals surface area contributed by atoms with Gasteiger partial charge in [-0.25, -0.2) is 0 Å². The van der Waals surface area contributed by atoms with Crippen molar-refractivity contribution in [3.8, 4) is 5.75 Å². The molecule has 0 radical (unpaired) electrons. The van der Waals surface area contributed by atoms with Crippen molar-refractivity contribution in [3.63, 3.8) is 0 Å². The fourth-order valence-electron chi connectivity index (χ4n) is 4.63. The van der Waals surface area contributed by atoms with Crippen LogP contribution in [0.5, 0.6) is 5.75 Å². The van der Waals surface area contributed by atoms with Crippen LogP contribution < -0.4 is 4.74 Å². The van der Waals surface area contributed by atoms with Gasteiger partial charge in [0.1, 0.15) is 18.4 Å². The average molecular weight is 423 g/mol. The summed E-state index contributed by atoms with van der Waals surface area (Å²) in [6.45, 7) is 2.69. The third-order valence-electron chi connectivity index (χ3n) is 6.19. The van der Waals surface area contributed by atoms with Crippen molar-refractivity contribution in [2.45, 2.75) is 44.5 Å². The molecule has 0 N–H and O–H groups in total. The third kappa shape index (κ3) is 4.91. The summed E-state index contributed by atoms with van der Waals surface area (Å²) in [6, 6.07) is 6.98. The standard InChI is InChI=1S/C22H28F3N3O2/c1-26-13-16(5-6-21(26)29)14-27-10-7-17(8-11-27)30-20-4-2-3-19-18(20)9-12-28(19)15-22(23,24)25/h2-4,9,12,16-17H,5-8,10-11,13-15H2,1H3. The molecule has 0 spiro atoms. The highest BCUT2D eigenvalue weighted by atomic mass is 19.4. The molecule has 2 aliphatic rings. The number of aromatic nitrogens is 1. The smallest absolute Gasteiger partial charge is 0.406 e. The van der Waals surface area contributed by atoms with Crippen molar-refractivity contribution in [1.82, 2.24) is 14.4 Å². The highest BCUT2D eigenvalue weighted by Crippen LogP contribution is 2.31. The Hall–Kier alpha value is -2.22. The number of benzene rings is 1. The molecule has 3 heterocycles. The van der Waals surface area contributed by atoms with Crippen molar-refractivity contribution in [2.24, 2.45) is 5.92 Å². The zero-order chi connectivity index (χ0) is 21.3. The van der Waals surface area contributed by atoms with Gasteiger partial charge in [-0.15, -0.1) is 0 Å². The Morgan fingerprint density at radius 1 is 1.13 bits per heavy atom. The van der Waals surface area contributed by atoms with Crippen LogP contribution in [0.4, 0.5) is 13.2 Å². The number of carbonyl (C=O) groups is 1. The number of halogens is 3. The van der Waals surface area contributed by atoms with Crippen LogP contribution in [0.2, 0.25) is 0 Å². The molecule has 2 fully saturated rings. The van der Waals surface area contributed by atoms with Gasteiger partial charge in [0.15, 0.2) is 0 Å². The van der Waals surface area contributed by atoms with Crippen molar-refractivity contribution < 1.29 is 22.7 Å². The molecule has 1 unspecified atom stereocenters. The zero-order valence-corrected chi connectivity index (χ0v) is 17.2. The van der Waals surface area contributed by atoms with Crippen molar-refractivity contribution in [2.75, 3.05) is 33.2 Å². The van der Waals surface area contributed by atoms with Crippen LogP contribution in [-0.4, -0.2) is 65.8 Å². The van der Waals surface area contributed by atoms with Gasteiger partial charge in [0.25, 0.3) is 0 Å². The molecule has 0 saturated carbocycles. The summed E-state index contributed by atoms with van der Waals surface area (Å²) in [7, 11) is 1.87.